The maximum Gasteiger partial charge on any atom is 0.0595 e. The second-order valence-corrected chi connectivity index (χ2v) is 3.33. The van der Waals surface area contributed by atoms with Gasteiger partial charge in [-0.1, -0.05) is 35.3 Å². The molecule has 0 N–H and O–H groups in total. The van der Waals surface area contributed by atoms with Crippen molar-refractivity contribution in [3.63, 3.8) is 0 Å². The molecule has 0 nitrogen and oxygen atoms in total. The molecule has 0 spiro atoms. The standard InChI is InChI=1S/C10H9Cl2/c1-3-7(2)8-4-5-9(11)10(12)6-8/h3-7H,1-2H2. The van der Waals surface area contributed by atoms with Crippen molar-refractivity contribution in [1.29, 1.82) is 0 Å². The topological polar surface area (TPSA) is 0 Å². The van der Waals surface area contributed by atoms with Crippen molar-refractivity contribution in [3.8, 4) is 0 Å². The predicted molar refractivity (Wildman–Crippen MR) is 54.8 cm³/mol. The fourth-order valence-corrected chi connectivity index (χ4v) is 1.19. The molecule has 0 aliphatic carbocycles. The molecule has 0 fully saturated rings. The summed E-state index contributed by atoms with van der Waals surface area (Å²) in [6.45, 7) is 7.53. The smallest absolute Gasteiger partial charge is 0.0595 e. The van der Waals surface area contributed by atoms with Gasteiger partial charge in [-0.05, 0) is 24.6 Å². The fourth-order valence-electron chi connectivity index (χ4n) is 0.879. The molecule has 0 aliphatic heterocycles. The van der Waals surface area contributed by atoms with E-state index in [9.17, 15) is 0 Å². The van der Waals surface area contributed by atoms with Gasteiger partial charge in [-0.15, -0.1) is 6.58 Å². The van der Waals surface area contributed by atoms with E-state index < -0.39 is 0 Å². The van der Waals surface area contributed by atoms with Gasteiger partial charge < -0.3 is 0 Å². The van der Waals surface area contributed by atoms with E-state index in [2.05, 4.69) is 13.5 Å². The van der Waals surface area contributed by atoms with Crippen molar-refractivity contribution in [2.45, 2.75) is 5.92 Å². The second kappa shape index (κ2) is 3.97. The highest BCUT2D eigenvalue weighted by atomic mass is 35.5. The van der Waals surface area contributed by atoms with Gasteiger partial charge in [-0.3, -0.25) is 0 Å². The summed E-state index contributed by atoms with van der Waals surface area (Å²) in [5, 5.41) is 1.13. The average Bonchev–Trinajstić information content (AvgIpc) is 2.08. The zero-order chi connectivity index (χ0) is 9.14. The Labute approximate surface area is 82.8 Å². The third kappa shape index (κ3) is 2.02. The van der Waals surface area contributed by atoms with Crippen LogP contribution in [0, 0.1) is 6.92 Å². The highest BCUT2D eigenvalue weighted by molar-refractivity contribution is 6.42. The largest absolute Gasteiger partial charge is 0.102 e. The van der Waals surface area contributed by atoms with Crippen LogP contribution < -0.4 is 0 Å². The number of benzene rings is 1. The van der Waals surface area contributed by atoms with Gasteiger partial charge >= 0.3 is 0 Å². The number of hydrogen-bond donors (Lipinski definition) is 0. The summed E-state index contributed by atoms with van der Waals surface area (Å²) in [7, 11) is 0. The molecule has 1 atom stereocenters. The average molecular weight is 200 g/mol. The van der Waals surface area contributed by atoms with Gasteiger partial charge in [0.25, 0.3) is 0 Å². The monoisotopic (exact) mass is 199 g/mol. The van der Waals surface area contributed by atoms with Crippen LogP contribution >= 0.6 is 23.2 Å². The fraction of sp³-hybridized carbons (Fsp3) is 0.100. The lowest BCUT2D eigenvalue weighted by molar-refractivity contribution is 1.09. The summed E-state index contributed by atoms with van der Waals surface area (Å²) in [5.41, 5.74) is 1.03. The molecule has 63 valence electrons. The minimum atomic E-state index is 0.0692. The molecule has 1 unspecified atom stereocenters. The molecule has 1 rings (SSSR count). The maximum absolute atomic E-state index is 5.82. The molecule has 1 radical (unpaired) electrons. The Kier molecular flexibility index (Phi) is 3.19. The molecular weight excluding hydrogens is 191 g/mol. The lowest BCUT2D eigenvalue weighted by atomic mass is 10.0. The van der Waals surface area contributed by atoms with E-state index in [1.54, 1.807) is 12.1 Å². The Morgan fingerprint density at radius 1 is 1.25 bits per heavy atom. The molecule has 0 aromatic heterocycles. The van der Waals surface area contributed by atoms with E-state index in [-0.39, 0.29) is 5.92 Å². The Hall–Kier alpha value is -0.460. The van der Waals surface area contributed by atoms with E-state index in [1.807, 2.05) is 12.1 Å². The third-order valence-electron chi connectivity index (χ3n) is 1.66. The first-order chi connectivity index (χ1) is 5.65. The molecule has 0 amide bonds. The first kappa shape index (κ1) is 9.63. The van der Waals surface area contributed by atoms with Crippen LogP contribution in [-0.2, 0) is 0 Å². The molecule has 0 bridgehead atoms. The van der Waals surface area contributed by atoms with E-state index in [1.165, 1.54) is 0 Å². The highest BCUT2D eigenvalue weighted by Gasteiger charge is 2.03. The van der Waals surface area contributed by atoms with Crippen molar-refractivity contribution in [1.82, 2.24) is 0 Å². The van der Waals surface area contributed by atoms with Gasteiger partial charge in [-0.25, -0.2) is 0 Å². The summed E-state index contributed by atoms with van der Waals surface area (Å²) in [6.07, 6.45) is 1.76. The minimum Gasteiger partial charge on any atom is -0.102 e. The van der Waals surface area contributed by atoms with E-state index in [4.69, 9.17) is 23.2 Å². The Balaban J connectivity index is 3.04. The first-order valence-corrected chi connectivity index (χ1v) is 4.31. The van der Waals surface area contributed by atoms with E-state index >= 15 is 0 Å². The van der Waals surface area contributed by atoms with Gasteiger partial charge in [0, 0.05) is 5.92 Å². The van der Waals surface area contributed by atoms with Crippen molar-refractivity contribution >= 4 is 23.2 Å². The van der Waals surface area contributed by atoms with Crippen LogP contribution in [0.4, 0.5) is 0 Å². The van der Waals surface area contributed by atoms with Gasteiger partial charge in [0.05, 0.1) is 10.0 Å². The molecule has 0 saturated carbocycles. The lowest BCUT2D eigenvalue weighted by Crippen LogP contribution is -1.88. The van der Waals surface area contributed by atoms with Crippen LogP contribution in [0.2, 0.25) is 10.0 Å². The summed E-state index contributed by atoms with van der Waals surface area (Å²) in [6, 6.07) is 5.47. The van der Waals surface area contributed by atoms with E-state index in [0.717, 1.165) is 5.56 Å². The Morgan fingerprint density at radius 3 is 2.42 bits per heavy atom. The maximum atomic E-state index is 5.82. The Bertz CT molecular complexity index is 292. The molecule has 1 aromatic rings. The van der Waals surface area contributed by atoms with Crippen molar-refractivity contribution < 1.29 is 0 Å². The summed E-state index contributed by atoms with van der Waals surface area (Å²) >= 11 is 11.6. The van der Waals surface area contributed by atoms with E-state index in [0.29, 0.717) is 10.0 Å². The summed E-state index contributed by atoms with van der Waals surface area (Å²) in [4.78, 5) is 0. The molecule has 12 heavy (non-hydrogen) atoms. The number of halogens is 2. The van der Waals surface area contributed by atoms with Crippen molar-refractivity contribution in [2.24, 2.45) is 0 Å². The molecular formula is C10H9Cl2. The summed E-state index contributed by atoms with van der Waals surface area (Å²) < 4.78 is 0. The number of rotatable bonds is 2. The zero-order valence-electron chi connectivity index (χ0n) is 6.56. The third-order valence-corrected chi connectivity index (χ3v) is 2.40. The lowest BCUT2D eigenvalue weighted by Gasteiger charge is -2.06. The molecule has 0 saturated heterocycles. The summed E-state index contributed by atoms with van der Waals surface area (Å²) in [5.74, 6) is 0.0692. The van der Waals surface area contributed by atoms with Crippen LogP contribution in [0.5, 0.6) is 0 Å². The SMILES string of the molecule is [CH2]C(C=C)c1ccc(Cl)c(Cl)c1. The normalized spacial score (nSPS) is 12.6. The minimum absolute atomic E-state index is 0.0692. The van der Waals surface area contributed by atoms with Gasteiger partial charge in [0.15, 0.2) is 0 Å². The Morgan fingerprint density at radius 2 is 1.92 bits per heavy atom. The van der Waals surface area contributed by atoms with Crippen LogP contribution in [-0.4, -0.2) is 0 Å². The molecule has 1 aromatic carbocycles. The van der Waals surface area contributed by atoms with Gasteiger partial charge in [0.1, 0.15) is 0 Å². The first-order valence-electron chi connectivity index (χ1n) is 3.55. The van der Waals surface area contributed by atoms with Crippen LogP contribution in [0.1, 0.15) is 11.5 Å². The molecule has 0 heterocycles. The second-order valence-electron chi connectivity index (χ2n) is 2.52. The van der Waals surface area contributed by atoms with Gasteiger partial charge in [-0.2, -0.15) is 0 Å². The van der Waals surface area contributed by atoms with Crippen LogP contribution in [0.25, 0.3) is 0 Å². The van der Waals surface area contributed by atoms with Gasteiger partial charge in [0.2, 0.25) is 0 Å². The van der Waals surface area contributed by atoms with Crippen LogP contribution in [0.3, 0.4) is 0 Å². The highest BCUT2D eigenvalue weighted by Crippen LogP contribution is 2.26. The van der Waals surface area contributed by atoms with Crippen LogP contribution in [0.15, 0.2) is 30.9 Å². The zero-order valence-corrected chi connectivity index (χ0v) is 8.07. The molecule has 0 aliphatic rings. The van der Waals surface area contributed by atoms with Crippen molar-refractivity contribution in [2.75, 3.05) is 0 Å². The quantitative estimate of drug-likeness (QED) is 0.630. The predicted octanol–water partition coefficient (Wildman–Crippen LogP) is 4.10. The molecule has 2 heteroatoms. The van der Waals surface area contributed by atoms with Crippen molar-refractivity contribution in [3.05, 3.63) is 53.4 Å². The number of allylic oxidation sites excluding steroid dienone is 1. The number of hydrogen-bond acceptors (Lipinski definition) is 0.